The number of rotatable bonds is 8. The van der Waals surface area contributed by atoms with Gasteiger partial charge in [0.1, 0.15) is 0 Å². The summed E-state index contributed by atoms with van der Waals surface area (Å²) >= 11 is 0. The summed E-state index contributed by atoms with van der Waals surface area (Å²) in [5.41, 5.74) is 7.26. The molecule has 2 atom stereocenters. The molecule has 1 aromatic carbocycles. The number of carbonyl (C=O) groups excluding carboxylic acids is 2. The van der Waals surface area contributed by atoms with E-state index in [1.54, 1.807) is 6.92 Å². The first kappa shape index (κ1) is 22.4. The maximum atomic E-state index is 12.2. The molecule has 136 valence electrons. The van der Waals surface area contributed by atoms with Crippen LogP contribution in [0.15, 0.2) is 24.3 Å². The maximum Gasteiger partial charge on any atom is 0.310 e. The van der Waals surface area contributed by atoms with Gasteiger partial charge in [0.25, 0.3) is 0 Å². The molecule has 0 aliphatic heterocycles. The number of hydrogen-bond donors (Lipinski definition) is 2. The monoisotopic (exact) mass is 356 g/mol. The second-order valence-corrected chi connectivity index (χ2v) is 6.29. The van der Waals surface area contributed by atoms with E-state index in [0.29, 0.717) is 12.8 Å². The summed E-state index contributed by atoms with van der Waals surface area (Å²) in [4.78, 5) is 24.2. The van der Waals surface area contributed by atoms with Crippen molar-refractivity contribution in [3.8, 4) is 0 Å². The van der Waals surface area contributed by atoms with Gasteiger partial charge in [0.2, 0.25) is 5.91 Å². The zero-order valence-corrected chi connectivity index (χ0v) is 15.7. The van der Waals surface area contributed by atoms with E-state index in [-0.39, 0.29) is 30.8 Å². The van der Waals surface area contributed by atoms with Gasteiger partial charge in [-0.05, 0) is 32.3 Å². The van der Waals surface area contributed by atoms with Crippen LogP contribution in [0, 0.1) is 12.8 Å². The Morgan fingerprint density at radius 2 is 2.04 bits per heavy atom. The summed E-state index contributed by atoms with van der Waals surface area (Å²) in [6, 6.07) is 7.95. The summed E-state index contributed by atoms with van der Waals surface area (Å²) in [5.74, 6) is -0.998. The highest BCUT2D eigenvalue weighted by molar-refractivity contribution is 5.86. The summed E-state index contributed by atoms with van der Waals surface area (Å²) in [7, 11) is 1.36. The van der Waals surface area contributed by atoms with E-state index in [9.17, 15) is 9.59 Å². The molecule has 0 radical (unpaired) electrons. The van der Waals surface area contributed by atoms with E-state index in [4.69, 9.17) is 10.5 Å². The Balaban J connectivity index is 0.00000529. The molecule has 5 nitrogen and oxygen atoms in total. The Labute approximate surface area is 150 Å². The zero-order chi connectivity index (χ0) is 17.5. The van der Waals surface area contributed by atoms with E-state index in [0.717, 1.165) is 17.5 Å². The van der Waals surface area contributed by atoms with Crippen LogP contribution in [0.2, 0.25) is 0 Å². The summed E-state index contributed by atoms with van der Waals surface area (Å²) in [6.07, 6.45) is 1.94. The summed E-state index contributed by atoms with van der Waals surface area (Å²) in [5, 5.41) is 2.79. The Morgan fingerprint density at radius 3 is 2.58 bits per heavy atom. The third-order valence-electron chi connectivity index (χ3n) is 3.90. The first-order valence-electron chi connectivity index (χ1n) is 8.00. The van der Waals surface area contributed by atoms with Crippen molar-refractivity contribution in [2.45, 2.75) is 45.6 Å². The van der Waals surface area contributed by atoms with Crippen molar-refractivity contribution in [1.29, 1.82) is 0 Å². The lowest BCUT2D eigenvalue weighted by atomic mass is 9.95. The molecule has 0 saturated heterocycles. The quantitative estimate of drug-likeness (QED) is 0.701. The number of nitrogens with two attached hydrogens (primary N) is 1. The van der Waals surface area contributed by atoms with Crippen LogP contribution >= 0.6 is 12.4 Å². The number of nitrogens with one attached hydrogen (secondary N) is 1. The number of halogens is 1. The molecule has 2 unspecified atom stereocenters. The third-order valence-corrected chi connectivity index (χ3v) is 3.90. The van der Waals surface area contributed by atoms with Crippen molar-refractivity contribution in [2.75, 3.05) is 13.7 Å². The minimum absolute atomic E-state index is 0. The average molecular weight is 357 g/mol. The first-order valence-corrected chi connectivity index (χ1v) is 8.00. The lowest BCUT2D eigenvalue weighted by Crippen LogP contribution is -2.52. The molecular weight excluding hydrogens is 328 g/mol. The van der Waals surface area contributed by atoms with Crippen LogP contribution in [0.4, 0.5) is 0 Å². The second kappa shape index (κ2) is 10.3. The molecule has 0 heterocycles. The van der Waals surface area contributed by atoms with E-state index in [1.807, 2.05) is 38.1 Å². The Bertz CT molecular complexity index is 547. The molecule has 1 aromatic rings. The molecule has 0 bridgehead atoms. The molecule has 24 heavy (non-hydrogen) atoms. The zero-order valence-electron chi connectivity index (χ0n) is 14.9. The second-order valence-electron chi connectivity index (χ2n) is 6.29. The fourth-order valence-electron chi connectivity index (χ4n) is 2.58. The summed E-state index contributed by atoms with van der Waals surface area (Å²) in [6.45, 7) is 5.91. The van der Waals surface area contributed by atoms with Gasteiger partial charge in [-0.3, -0.25) is 9.59 Å². The fraction of sp³-hybridized carbons (Fsp3) is 0.556. The van der Waals surface area contributed by atoms with Gasteiger partial charge in [0, 0.05) is 6.54 Å². The minimum atomic E-state index is -0.918. The number of aryl methyl sites for hydroxylation is 1. The van der Waals surface area contributed by atoms with Crippen molar-refractivity contribution in [1.82, 2.24) is 5.32 Å². The topological polar surface area (TPSA) is 81.4 Å². The lowest BCUT2D eigenvalue weighted by Gasteiger charge is -2.24. The third kappa shape index (κ3) is 6.89. The van der Waals surface area contributed by atoms with Crippen molar-refractivity contribution in [3.05, 3.63) is 35.4 Å². The molecule has 0 saturated carbocycles. The van der Waals surface area contributed by atoms with Gasteiger partial charge in [-0.2, -0.15) is 0 Å². The largest absolute Gasteiger partial charge is 0.469 e. The minimum Gasteiger partial charge on any atom is -0.469 e. The normalized spacial score (nSPS) is 14.0. The van der Waals surface area contributed by atoms with Gasteiger partial charge < -0.3 is 15.8 Å². The first-order chi connectivity index (χ1) is 10.8. The number of hydrogen-bond acceptors (Lipinski definition) is 4. The highest BCUT2D eigenvalue weighted by atomic mass is 35.5. The molecule has 0 aliphatic carbocycles. The van der Waals surface area contributed by atoms with Crippen LogP contribution in [0.1, 0.15) is 37.8 Å². The van der Waals surface area contributed by atoms with E-state index >= 15 is 0 Å². The molecular formula is C18H29ClN2O3. The smallest absolute Gasteiger partial charge is 0.310 e. The van der Waals surface area contributed by atoms with E-state index in [1.165, 1.54) is 7.11 Å². The van der Waals surface area contributed by atoms with E-state index in [2.05, 4.69) is 5.32 Å². The van der Waals surface area contributed by atoms with Crippen LogP contribution < -0.4 is 11.1 Å². The highest BCUT2D eigenvalue weighted by Crippen LogP contribution is 2.13. The van der Waals surface area contributed by atoms with Gasteiger partial charge in [0.15, 0.2) is 0 Å². The average Bonchev–Trinajstić information content (AvgIpc) is 2.50. The molecule has 3 N–H and O–H groups in total. The van der Waals surface area contributed by atoms with Crippen molar-refractivity contribution in [2.24, 2.45) is 11.7 Å². The van der Waals surface area contributed by atoms with Crippen LogP contribution in [0.5, 0.6) is 0 Å². The van der Waals surface area contributed by atoms with Crippen LogP contribution in [0.25, 0.3) is 0 Å². The molecule has 1 rings (SSSR count). The van der Waals surface area contributed by atoms with Crippen molar-refractivity contribution < 1.29 is 14.3 Å². The van der Waals surface area contributed by atoms with Crippen LogP contribution in [0.3, 0.4) is 0 Å². The predicted molar refractivity (Wildman–Crippen MR) is 98.1 cm³/mol. The standard InChI is InChI=1S/C18H28N2O3.ClH/c1-5-9-18(3,19)17(22)20-12-15(16(21)23-4)11-14-8-6-7-13(2)10-14;/h6-8,10,15H,5,9,11-12,19H2,1-4H3,(H,20,22);1H. The summed E-state index contributed by atoms with van der Waals surface area (Å²) < 4.78 is 4.86. The molecule has 0 fully saturated rings. The van der Waals surface area contributed by atoms with Gasteiger partial charge in [-0.1, -0.05) is 43.2 Å². The van der Waals surface area contributed by atoms with E-state index < -0.39 is 11.5 Å². The predicted octanol–water partition coefficient (Wildman–Crippen LogP) is 2.38. The maximum absolute atomic E-state index is 12.2. The number of amides is 1. The number of benzene rings is 1. The molecule has 0 aromatic heterocycles. The SMILES string of the molecule is CCCC(C)(N)C(=O)NCC(Cc1cccc(C)c1)C(=O)OC.Cl. The van der Waals surface area contributed by atoms with Crippen molar-refractivity contribution >= 4 is 24.3 Å². The highest BCUT2D eigenvalue weighted by Gasteiger charge is 2.29. The molecule has 0 spiro atoms. The number of ether oxygens (including phenoxy) is 1. The molecule has 6 heteroatoms. The number of carbonyl (C=O) groups is 2. The van der Waals surface area contributed by atoms with Crippen LogP contribution in [-0.2, 0) is 20.7 Å². The van der Waals surface area contributed by atoms with Gasteiger partial charge in [0.05, 0.1) is 18.6 Å². The Morgan fingerprint density at radius 1 is 1.38 bits per heavy atom. The number of esters is 1. The van der Waals surface area contributed by atoms with Gasteiger partial charge >= 0.3 is 5.97 Å². The lowest BCUT2D eigenvalue weighted by molar-refractivity contribution is -0.145. The van der Waals surface area contributed by atoms with Crippen molar-refractivity contribution in [3.63, 3.8) is 0 Å². The Kier molecular flexibility index (Phi) is 9.63. The van der Waals surface area contributed by atoms with Crippen LogP contribution in [-0.4, -0.2) is 31.1 Å². The molecule has 1 amide bonds. The van der Waals surface area contributed by atoms with Gasteiger partial charge in [-0.15, -0.1) is 12.4 Å². The number of methoxy groups -OCH3 is 1. The molecule has 0 aliphatic rings. The Hall–Kier alpha value is -1.59. The van der Waals surface area contributed by atoms with Gasteiger partial charge in [-0.25, -0.2) is 0 Å². The fourth-order valence-corrected chi connectivity index (χ4v) is 2.58.